The number of rotatable bonds is 18. The lowest BCUT2D eigenvalue weighted by molar-refractivity contribution is 0.378. The fourth-order valence-electron chi connectivity index (χ4n) is 3.11. The molecule has 0 bridgehead atoms. The Hall–Kier alpha value is -0.660. The van der Waals surface area contributed by atoms with Crippen molar-refractivity contribution in [3.63, 3.8) is 0 Å². The van der Waals surface area contributed by atoms with E-state index in [2.05, 4.69) is 6.92 Å². The standard InChI is InChI=1S/C21H43NO/c1-2-3-4-5-6-7-8-9-10-11-12-13-14-15-16-17-18-19-21(23)20-22/h20,23H,2-19,22H2,1H3. The molecule has 0 rings (SSSR count). The molecule has 0 radical (unpaired) electrons. The van der Waals surface area contributed by atoms with Crippen molar-refractivity contribution in [2.24, 2.45) is 5.73 Å². The Morgan fingerprint density at radius 1 is 0.609 bits per heavy atom. The normalized spacial score (nSPS) is 12.0. The second-order valence-corrected chi connectivity index (χ2v) is 7.06. The zero-order chi connectivity index (χ0) is 17.0. The molecule has 0 unspecified atom stereocenters. The molecule has 0 aliphatic rings. The Labute approximate surface area is 145 Å². The number of hydrogen-bond acceptors (Lipinski definition) is 2. The summed E-state index contributed by atoms with van der Waals surface area (Å²) in [6.07, 6.45) is 25.6. The first kappa shape index (κ1) is 22.3. The monoisotopic (exact) mass is 325 g/mol. The number of nitrogens with two attached hydrogens (primary N) is 1. The van der Waals surface area contributed by atoms with Crippen LogP contribution in [0.1, 0.15) is 122 Å². The molecule has 3 N–H and O–H groups in total. The highest BCUT2D eigenvalue weighted by Gasteiger charge is 1.96. The molecule has 0 aliphatic carbocycles. The van der Waals surface area contributed by atoms with Gasteiger partial charge in [-0.25, -0.2) is 0 Å². The van der Waals surface area contributed by atoms with Crippen molar-refractivity contribution in [1.82, 2.24) is 0 Å². The summed E-state index contributed by atoms with van der Waals surface area (Å²) >= 11 is 0. The highest BCUT2D eigenvalue weighted by Crippen LogP contribution is 2.14. The van der Waals surface area contributed by atoms with E-state index in [-0.39, 0.29) is 0 Å². The van der Waals surface area contributed by atoms with Crippen molar-refractivity contribution in [2.45, 2.75) is 122 Å². The van der Waals surface area contributed by atoms with Crippen molar-refractivity contribution < 1.29 is 5.11 Å². The minimum atomic E-state index is 0.339. The fraction of sp³-hybridized carbons (Fsp3) is 0.905. The van der Waals surface area contributed by atoms with Crippen molar-refractivity contribution >= 4 is 0 Å². The molecule has 0 spiro atoms. The molecule has 0 saturated carbocycles. The third-order valence-corrected chi connectivity index (χ3v) is 4.73. The molecule has 23 heavy (non-hydrogen) atoms. The van der Waals surface area contributed by atoms with E-state index in [9.17, 15) is 5.11 Å². The van der Waals surface area contributed by atoms with Crippen LogP contribution in [-0.2, 0) is 0 Å². The number of allylic oxidation sites excluding steroid dienone is 1. The summed E-state index contributed by atoms with van der Waals surface area (Å²) in [5.74, 6) is 0.339. The van der Waals surface area contributed by atoms with Gasteiger partial charge < -0.3 is 10.8 Å². The van der Waals surface area contributed by atoms with Crippen molar-refractivity contribution in [3.05, 3.63) is 12.0 Å². The Kier molecular flexibility index (Phi) is 18.8. The lowest BCUT2D eigenvalue weighted by Gasteiger charge is -2.03. The third kappa shape index (κ3) is 19.3. The van der Waals surface area contributed by atoms with Gasteiger partial charge >= 0.3 is 0 Å². The van der Waals surface area contributed by atoms with Crippen LogP contribution in [0.5, 0.6) is 0 Å². The van der Waals surface area contributed by atoms with E-state index in [0.717, 1.165) is 12.8 Å². The van der Waals surface area contributed by atoms with Gasteiger partial charge in [-0.15, -0.1) is 0 Å². The zero-order valence-electron chi connectivity index (χ0n) is 15.8. The largest absolute Gasteiger partial charge is 0.511 e. The maximum absolute atomic E-state index is 9.22. The Morgan fingerprint density at radius 2 is 0.913 bits per heavy atom. The van der Waals surface area contributed by atoms with Gasteiger partial charge in [-0.1, -0.05) is 110 Å². The van der Waals surface area contributed by atoms with Crippen LogP contribution < -0.4 is 5.73 Å². The summed E-state index contributed by atoms with van der Waals surface area (Å²) in [4.78, 5) is 0. The minimum absolute atomic E-state index is 0.339. The van der Waals surface area contributed by atoms with Crippen LogP contribution in [0.4, 0.5) is 0 Å². The quantitative estimate of drug-likeness (QED) is 0.204. The maximum Gasteiger partial charge on any atom is 0.108 e. The van der Waals surface area contributed by atoms with Crippen LogP contribution in [0.15, 0.2) is 12.0 Å². The summed E-state index contributed by atoms with van der Waals surface area (Å²) in [5.41, 5.74) is 5.23. The molecule has 138 valence electrons. The number of aliphatic hydroxyl groups excluding tert-OH is 1. The van der Waals surface area contributed by atoms with Gasteiger partial charge in [0.2, 0.25) is 0 Å². The first-order valence-corrected chi connectivity index (χ1v) is 10.4. The summed E-state index contributed by atoms with van der Waals surface area (Å²) in [7, 11) is 0. The molecular formula is C21H43NO. The van der Waals surface area contributed by atoms with Crippen LogP contribution in [-0.4, -0.2) is 5.11 Å². The molecule has 0 fully saturated rings. The van der Waals surface area contributed by atoms with Gasteiger partial charge in [0.25, 0.3) is 0 Å². The van der Waals surface area contributed by atoms with E-state index in [0.29, 0.717) is 5.76 Å². The van der Waals surface area contributed by atoms with Gasteiger partial charge in [0.15, 0.2) is 0 Å². The minimum Gasteiger partial charge on any atom is -0.511 e. The Morgan fingerprint density at radius 3 is 1.22 bits per heavy atom. The predicted molar refractivity (Wildman–Crippen MR) is 104 cm³/mol. The van der Waals surface area contributed by atoms with Crippen LogP contribution in [0.25, 0.3) is 0 Å². The van der Waals surface area contributed by atoms with E-state index in [1.54, 1.807) is 0 Å². The molecule has 0 heterocycles. The second kappa shape index (κ2) is 19.4. The molecule has 2 nitrogen and oxygen atoms in total. The molecule has 0 aromatic heterocycles. The van der Waals surface area contributed by atoms with E-state index in [4.69, 9.17) is 5.73 Å². The first-order chi connectivity index (χ1) is 11.3. The number of aliphatic hydroxyl groups is 1. The Balaban J connectivity index is 3.00. The van der Waals surface area contributed by atoms with Gasteiger partial charge in [-0.2, -0.15) is 0 Å². The van der Waals surface area contributed by atoms with Crippen LogP contribution in [0.3, 0.4) is 0 Å². The average Bonchev–Trinajstić information content (AvgIpc) is 2.57. The lowest BCUT2D eigenvalue weighted by Crippen LogP contribution is -1.88. The second-order valence-electron chi connectivity index (χ2n) is 7.06. The van der Waals surface area contributed by atoms with E-state index in [1.165, 1.54) is 109 Å². The zero-order valence-corrected chi connectivity index (χ0v) is 15.8. The number of unbranched alkanes of at least 4 members (excludes halogenated alkanes) is 16. The maximum atomic E-state index is 9.22. The molecule has 0 atom stereocenters. The highest BCUT2D eigenvalue weighted by molar-refractivity contribution is 4.85. The van der Waals surface area contributed by atoms with E-state index >= 15 is 0 Å². The SMILES string of the molecule is CCCCCCCCCCCCCCCCCCCC(O)=CN. The third-order valence-electron chi connectivity index (χ3n) is 4.73. The smallest absolute Gasteiger partial charge is 0.108 e. The molecular weight excluding hydrogens is 282 g/mol. The molecule has 0 saturated heterocycles. The van der Waals surface area contributed by atoms with E-state index in [1.807, 2.05) is 0 Å². The predicted octanol–water partition coefficient (Wildman–Crippen LogP) is 7.39. The van der Waals surface area contributed by atoms with E-state index < -0.39 is 0 Å². The summed E-state index contributed by atoms with van der Waals surface area (Å²) < 4.78 is 0. The topological polar surface area (TPSA) is 46.2 Å². The van der Waals surface area contributed by atoms with Crippen LogP contribution in [0, 0.1) is 0 Å². The van der Waals surface area contributed by atoms with Crippen LogP contribution >= 0.6 is 0 Å². The van der Waals surface area contributed by atoms with Gasteiger partial charge in [-0.05, 0) is 6.42 Å². The molecule has 0 aliphatic heterocycles. The van der Waals surface area contributed by atoms with Crippen LogP contribution in [0.2, 0.25) is 0 Å². The van der Waals surface area contributed by atoms with Gasteiger partial charge in [-0.3, -0.25) is 0 Å². The fourth-order valence-corrected chi connectivity index (χ4v) is 3.11. The van der Waals surface area contributed by atoms with Gasteiger partial charge in [0.1, 0.15) is 5.76 Å². The van der Waals surface area contributed by atoms with Crippen molar-refractivity contribution in [2.75, 3.05) is 0 Å². The molecule has 2 heteroatoms. The lowest BCUT2D eigenvalue weighted by atomic mass is 10.0. The first-order valence-electron chi connectivity index (χ1n) is 10.4. The molecule has 0 aromatic carbocycles. The average molecular weight is 326 g/mol. The molecule has 0 amide bonds. The number of hydrogen-bond donors (Lipinski definition) is 2. The summed E-state index contributed by atoms with van der Waals surface area (Å²) in [5, 5.41) is 9.22. The van der Waals surface area contributed by atoms with Crippen molar-refractivity contribution in [1.29, 1.82) is 0 Å². The molecule has 0 aromatic rings. The van der Waals surface area contributed by atoms with Gasteiger partial charge in [0.05, 0.1) is 0 Å². The highest BCUT2D eigenvalue weighted by atomic mass is 16.3. The Bertz CT molecular complexity index is 250. The van der Waals surface area contributed by atoms with Crippen molar-refractivity contribution in [3.8, 4) is 0 Å². The summed E-state index contributed by atoms with van der Waals surface area (Å²) in [6.45, 7) is 2.28. The van der Waals surface area contributed by atoms with Gasteiger partial charge in [0, 0.05) is 12.6 Å². The summed E-state index contributed by atoms with van der Waals surface area (Å²) in [6, 6.07) is 0.